The Morgan fingerprint density at radius 3 is 1.95 bits per heavy atom. The Labute approximate surface area is 125 Å². The molecule has 0 unspecified atom stereocenters. The van der Waals surface area contributed by atoms with E-state index in [2.05, 4.69) is 33.0 Å². The van der Waals surface area contributed by atoms with Gasteiger partial charge in [-0.3, -0.25) is 0 Å². The molecule has 1 aliphatic heterocycles. The maximum Gasteiger partial charge on any atom is 0.231 e. The van der Waals surface area contributed by atoms with Gasteiger partial charge >= 0.3 is 0 Å². The summed E-state index contributed by atoms with van der Waals surface area (Å²) in [7, 11) is 3.91. The first-order valence-corrected chi connectivity index (χ1v) is 8.46. The monoisotopic (exact) mass is 305 g/mol. The maximum atomic E-state index is 6.22. The summed E-state index contributed by atoms with van der Waals surface area (Å²) in [5.41, 5.74) is -0.510. The molecule has 0 atom stereocenters. The highest BCUT2D eigenvalue weighted by atomic mass is 28.2. The molecule has 1 saturated heterocycles. The van der Waals surface area contributed by atoms with Crippen LogP contribution in [-0.4, -0.2) is 60.3 Å². The van der Waals surface area contributed by atoms with Crippen molar-refractivity contribution in [3.63, 3.8) is 0 Å². The molecule has 1 N–H and O–H groups in total. The quantitative estimate of drug-likeness (QED) is 0.561. The largest absolute Gasteiger partial charge is 0.415 e. The third-order valence-electron chi connectivity index (χ3n) is 3.80. The van der Waals surface area contributed by atoms with Crippen LogP contribution in [0, 0.1) is 0 Å². The Hall–Kier alpha value is 0.0169. The van der Waals surface area contributed by atoms with Crippen LogP contribution in [0.4, 0.5) is 0 Å². The lowest BCUT2D eigenvalue weighted by Crippen LogP contribution is -2.60. The Morgan fingerprint density at radius 1 is 1.05 bits per heavy atom. The van der Waals surface area contributed by atoms with Crippen molar-refractivity contribution in [3.05, 3.63) is 0 Å². The second-order valence-corrected chi connectivity index (χ2v) is 8.69. The Bertz CT molecular complexity index is 290. The van der Waals surface area contributed by atoms with Crippen molar-refractivity contribution in [1.82, 2.24) is 5.32 Å². The van der Waals surface area contributed by atoms with E-state index in [0.717, 1.165) is 12.8 Å². The van der Waals surface area contributed by atoms with E-state index < -0.39 is 15.2 Å². The van der Waals surface area contributed by atoms with E-state index in [0.29, 0.717) is 6.61 Å². The van der Waals surface area contributed by atoms with Crippen LogP contribution < -0.4 is 5.32 Å². The standard InChI is InChI=1S/C14H31NO4Si/c1-12(2)8-11(9-13(3,4)15-12)19-20-14(17-6,18-7)10-16-5/h11,15H,8-10,20H2,1-7H3. The van der Waals surface area contributed by atoms with Crippen molar-refractivity contribution >= 4 is 9.76 Å². The second kappa shape index (κ2) is 6.85. The van der Waals surface area contributed by atoms with Gasteiger partial charge in [-0.15, -0.1) is 0 Å². The van der Waals surface area contributed by atoms with E-state index in [4.69, 9.17) is 18.6 Å². The molecule has 5 nitrogen and oxygen atoms in total. The minimum atomic E-state index is -1.03. The maximum absolute atomic E-state index is 6.22. The molecule has 0 aliphatic carbocycles. The number of nitrogens with one attached hydrogen (secondary N) is 1. The highest BCUT2D eigenvalue weighted by Gasteiger charge is 2.40. The number of piperidine rings is 1. The van der Waals surface area contributed by atoms with Gasteiger partial charge in [0.2, 0.25) is 9.76 Å². The van der Waals surface area contributed by atoms with Gasteiger partial charge in [0.05, 0.1) is 6.61 Å². The molecular formula is C14H31NO4Si. The molecule has 0 amide bonds. The summed E-state index contributed by atoms with van der Waals surface area (Å²) < 4.78 is 22.4. The summed E-state index contributed by atoms with van der Waals surface area (Å²) >= 11 is 0. The van der Waals surface area contributed by atoms with Gasteiger partial charge in [0.1, 0.15) is 0 Å². The van der Waals surface area contributed by atoms with Crippen LogP contribution in [0.2, 0.25) is 0 Å². The van der Waals surface area contributed by atoms with Crippen molar-refractivity contribution in [2.24, 2.45) is 0 Å². The van der Waals surface area contributed by atoms with Gasteiger partial charge in [-0.25, -0.2) is 0 Å². The first-order chi connectivity index (χ1) is 9.17. The van der Waals surface area contributed by atoms with Crippen LogP contribution in [0.3, 0.4) is 0 Å². The van der Waals surface area contributed by atoms with Crippen molar-refractivity contribution < 1.29 is 18.6 Å². The third-order valence-corrected chi connectivity index (χ3v) is 5.66. The number of rotatable bonds is 7. The zero-order valence-electron chi connectivity index (χ0n) is 14.0. The number of hydrogen-bond acceptors (Lipinski definition) is 5. The van der Waals surface area contributed by atoms with E-state index in [1.807, 2.05) is 0 Å². The van der Waals surface area contributed by atoms with Crippen LogP contribution in [0.15, 0.2) is 0 Å². The summed E-state index contributed by atoms with van der Waals surface area (Å²) in [6, 6.07) is 0. The molecule has 120 valence electrons. The zero-order valence-corrected chi connectivity index (χ0v) is 15.5. The molecule has 6 heteroatoms. The fourth-order valence-electron chi connectivity index (χ4n) is 3.17. The van der Waals surface area contributed by atoms with Crippen LogP contribution in [0.1, 0.15) is 40.5 Å². The number of methoxy groups -OCH3 is 3. The van der Waals surface area contributed by atoms with Crippen molar-refractivity contribution in [2.75, 3.05) is 27.9 Å². The SMILES string of the molecule is COCC(OC)(OC)[SiH2]OC1CC(C)(C)NC(C)(C)C1. The zero-order chi connectivity index (χ0) is 15.4. The molecule has 0 aromatic carbocycles. The van der Waals surface area contributed by atoms with Gasteiger partial charge in [0, 0.05) is 38.5 Å². The van der Waals surface area contributed by atoms with Crippen LogP contribution >= 0.6 is 0 Å². The summed E-state index contributed by atoms with van der Waals surface area (Å²) in [5, 5.41) is 3.66. The number of hydrogen-bond donors (Lipinski definition) is 1. The summed E-state index contributed by atoms with van der Waals surface area (Å²) in [4.78, 5) is 0. The van der Waals surface area contributed by atoms with E-state index in [9.17, 15) is 0 Å². The Morgan fingerprint density at radius 2 is 1.55 bits per heavy atom. The summed E-state index contributed by atoms with van der Waals surface area (Å²) in [5.74, 6) is 0. The molecule has 0 spiro atoms. The predicted molar refractivity (Wildman–Crippen MR) is 82.6 cm³/mol. The third kappa shape index (κ3) is 5.09. The predicted octanol–water partition coefficient (Wildman–Crippen LogP) is 0.989. The molecule has 1 aliphatic rings. The van der Waals surface area contributed by atoms with Crippen molar-refractivity contribution in [1.29, 1.82) is 0 Å². The fraction of sp³-hybridized carbons (Fsp3) is 1.00. The lowest BCUT2D eigenvalue weighted by molar-refractivity contribution is -0.182. The van der Waals surface area contributed by atoms with Gasteiger partial charge in [0.25, 0.3) is 0 Å². The summed E-state index contributed by atoms with van der Waals surface area (Å²) in [6.07, 6.45) is 2.24. The minimum Gasteiger partial charge on any atom is -0.415 e. The van der Waals surface area contributed by atoms with Gasteiger partial charge in [-0.05, 0) is 40.5 Å². The highest BCUT2D eigenvalue weighted by molar-refractivity contribution is 6.31. The Kier molecular flexibility index (Phi) is 6.19. The van der Waals surface area contributed by atoms with Gasteiger partial charge < -0.3 is 24.0 Å². The molecule has 20 heavy (non-hydrogen) atoms. The van der Waals surface area contributed by atoms with Crippen LogP contribution in [-0.2, 0) is 18.6 Å². The van der Waals surface area contributed by atoms with Gasteiger partial charge in [-0.2, -0.15) is 0 Å². The molecule has 0 radical (unpaired) electrons. The average molecular weight is 305 g/mol. The first-order valence-electron chi connectivity index (χ1n) is 7.18. The van der Waals surface area contributed by atoms with E-state index in [1.54, 1.807) is 21.3 Å². The van der Waals surface area contributed by atoms with Gasteiger partial charge in [-0.1, -0.05) is 0 Å². The average Bonchev–Trinajstić information content (AvgIpc) is 2.31. The topological polar surface area (TPSA) is 49.0 Å². The Balaban J connectivity index is 2.63. The molecular weight excluding hydrogens is 274 g/mol. The van der Waals surface area contributed by atoms with E-state index in [-0.39, 0.29) is 17.2 Å². The molecule has 1 rings (SSSR count). The minimum absolute atomic E-state index is 0.0882. The van der Waals surface area contributed by atoms with Crippen LogP contribution in [0.5, 0.6) is 0 Å². The molecule has 0 saturated carbocycles. The second-order valence-electron chi connectivity index (χ2n) is 6.99. The molecule has 1 heterocycles. The molecule has 0 aromatic heterocycles. The molecule has 0 bridgehead atoms. The molecule has 1 fully saturated rings. The molecule has 0 aromatic rings. The van der Waals surface area contributed by atoms with Crippen molar-refractivity contribution in [2.45, 2.75) is 63.1 Å². The lowest BCUT2D eigenvalue weighted by atomic mass is 9.81. The van der Waals surface area contributed by atoms with Crippen molar-refractivity contribution in [3.8, 4) is 0 Å². The highest BCUT2D eigenvalue weighted by Crippen LogP contribution is 2.30. The fourth-order valence-corrected chi connectivity index (χ4v) is 4.42. The first kappa shape index (κ1) is 18.1. The number of ether oxygens (including phenoxy) is 3. The lowest BCUT2D eigenvalue weighted by Gasteiger charge is -2.47. The smallest absolute Gasteiger partial charge is 0.231 e. The summed E-state index contributed by atoms with van der Waals surface area (Å²) in [6.45, 7) is 9.30. The van der Waals surface area contributed by atoms with Gasteiger partial charge in [0.15, 0.2) is 5.41 Å². The normalized spacial score (nSPS) is 23.6. The van der Waals surface area contributed by atoms with E-state index >= 15 is 0 Å². The van der Waals surface area contributed by atoms with E-state index in [1.165, 1.54) is 0 Å². The van der Waals surface area contributed by atoms with Crippen LogP contribution in [0.25, 0.3) is 0 Å².